The first-order chi connectivity index (χ1) is 8.60. The second-order valence-corrected chi connectivity index (χ2v) is 4.05. The van der Waals surface area contributed by atoms with Crippen LogP contribution in [0.4, 0.5) is 21.5 Å². The third kappa shape index (κ3) is 2.53. The summed E-state index contributed by atoms with van der Waals surface area (Å²) in [6.07, 6.45) is 0. The fourth-order valence-electron chi connectivity index (χ4n) is 1.66. The van der Waals surface area contributed by atoms with Gasteiger partial charge in [0.2, 0.25) is 0 Å². The summed E-state index contributed by atoms with van der Waals surface area (Å²) in [6.45, 7) is 1.94. The van der Waals surface area contributed by atoms with Gasteiger partial charge in [0.05, 0.1) is 7.11 Å². The first kappa shape index (κ1) is 12.2. The van der Waals surface area contributed by atoms with Crippen LogP contribution < -0.4 is 15.8 Å². The molecular formula is C14H15FN2O. The van der Waals surface area contributed by atoms with Crippen LogP contribution >= 0.6 is 0 Å². The highest BCUT2D eigenvalue weighted by atomic mass is 19.1. The summed E-state index contributed by atoms with van der Waals surface area (Å²) in [4.78, 5) is 0. The standard InChI is InChI=1S/C14H15FN2O/c1-9-7-10(4-6-13(9)16)17-11-3-5-12(15)14(8-11)18-2/h3-8,17H,16H2,1-2H3. The Morgan fingerprint density at radius 1 is 1.11 bits per heavy atom. The Kier molecular flexibility index (Phi) is 3.37. The number of aryl methyl sites for hydroxylation is 1. The van der Waals surface area contributed by atoms with E-state index >= 15 is 0 Å². The Morgan fingerprint density at radius 3 is 2.44 bits per heavy atom. The lowest BCUT2D eigenvalue weighted by Gasteiger charge is -2.10. The van der Waals surface area contributed by atoms with Gasteiger partial charge in [-0.2, -0.15) is 0 Å². The maximum absolute atomic E-state index is 13.3. The fraction of sp³-hybridized carbons (Fsp3) is 0.143. The van der Waals surface area contributed by atoms with Crippen molar-refractivity contribution in [1.29, 1.82) is 0 Å². The molecule has 4 heteroatoms. The first-order valence-electron chi connectivity index (χ1n) is 5.57. The number of methoxy groups -OCH3 is 1. The number of hydrogen-bond donors (Lipinski definition) is 2. The summed E-state index contributed by atoms with van der Waals surface area (Å²) in [6, 6.07) is 10.3. The zero-order valence-electron chi connectivity index (χ0n) is 10.3. The SMILES string of the molecule is COc1cc(Nc2ccc(N)c(C)c2)ccc1F. The largest absolute Gasteiger partial charge is 0.494 e. The normalized spacial score (nSPS) is 10.2. The summed E-state index contributed by atoms with van der Waals surface area (Å²) < 4.78 is 18.2. The van der Waals surface area contributed by atoms with Gasteiger partial charge in [-0.05, 0) is 42.8 Å². The van der Waals surface area contributed by atoms with E-state index < -0.39 is 0 Å². The molecule has 0 aliphatic rings. The molecule has 94 valence electrons. The number of ether oxygens (including phenoxy) is 1. The molecule has 0 heterocycles. The molecule has 0 bridgehead atoms. The molecule has 0 spiro atoms. The van der Waals surface area contributed by atoms with Crippen LogP contribution in [-0.4, -0.2) is 7.11 Å². The van der Waals surface area contributed by atoms with Gasteiger partial charge in [0.15, 0.2) is 11.6 Å². The minimum atomic E-state index is -0.378. The monoisotopic (exact) mass is 246 g/mol. The number of nitrogens with one attached hydrogen (secondary N) is 1. The molecule has 3 nitrogen and oxygen atoms in total. The van der Waals surface area contributed by atoms with Crippen LogP contribution in [0.3, 0.4) is 0 Å². The summed E-state index contributed by atoms with van der Waals surface area (Å²) in [5.74, 6) is -0.163. The Balaban J connectivity index is 2.25. The Hall–Kier alpha value is -2.23. The number of hydrogen-bond acceptors (Lipinski definition) is 3. The van der Waals surface area contributed by atoms with Crippen molar-refractivity contribution in [2.24, 2.45) is 0 Å². The third-order valence-corrected chi connectivity index (χ3v) is 2.71. The van der Waals surface area contributed by atoms with Crippen LogP contribution in [-0.2, 0) is 0 Å². The summed E-state index contributed by atoms with van der Waals surface area (Å²) >= 11 is 0. The highest BCUT2D eigenvalue weighted by Gasteiger charge is 2.04. The topological polar surface area (TPSA) is 47.3 Å². The maximum Gasteiger partial charge on any atom is 0.165 e. The van der Waals surface area contributed by atoms with Crippen LogP contribution in [0.5, 0.6) is 5.75 Å². The lowest BCUT2D eigenvalue weighted by molar-refractivity contribution is 0.387. The summed E-state index contributed by atoms with van der Waals surface area (Å²) in [5.41, 5.74) is 9.15. The predicted molar refractivity (Wildman–Crippen MR) is 71.8 cm³/mol. The van der Waals surface area contributed by atoms with Gasteiger partial charge >= 0.3 is 0 Å². The number of halogens is 1. The number of rotatable bonds is 3. The Morgan fingerprint density at radius 2 is 1.78 bits per heavy atom. The minimum Gasteiger partial charge on any atom is -0.494 e. The van der Waals surface area contributed by atoms with E-state index in [1.807, 2.05) is 25.1 Å². The van der Waals surface area contributed by atoms with E-state index in [4.69, 9.17) is 10.5 Å². The van der Waals surface area contributed by atoms with Crippen molar-refractivity contribution in [3.8, 4) is 5.75 Å². The predicted octanol–water partition coefficient (Wildman–Crippen LogP) is 3.47. The van der Waals surface area contributed by atoms with Gasteiger partial charge in [0, 0.05) is 23.1 Å². The number of anilines is 3. The van der Waals surface area contributed by atoms with Crippen molar-refractivity contribution in [1.82, 2.24) is 0 Å². The lowest BCUT2D eigenvalue weighted by atomic mass is 10.2. The van der Waals surface area contributed by atoms with E-state index in [0.29, 0.717) is 0 Å². The molecule has 0 radical (unpaired) electrons. The van der Waals surface area contributed by atoms with Gasteiger partial charge in [-0.15, -0.1) is 0 Å². The van der Waals surface area contributed by atoms with E-state index in [1.54, 1.807) is 12.1 Å². The molecule has 0 aliphatic carbocycles. The van der Waals surface area contributed by atoms with Crippen LogP contribution in [0.1, 0.15) is 5.56 Å². The van der Waals surface area contributed by atoms with Crippen LogP contribution in [0, 0.1) is 12.7 Å². The molecule has 0 fully saturated rings. The molecule has 2 aromatic carbocycles. The second-order valence-electron chi connectivity index (χ2n) is 4.05. The molecule has 2 rings (SSSR count). The molecule has 0 saturated carbocycles. The van der Waals surface area contributed by atoms with Gasteiger partial charge < -0.3 is 15.8 Å². The number of nitrogens with two attached hydrogens (primary N) is 1. The second kappa shape index (κ2) is 4.96. The van der Waals surface area contributed by atoms with Crippen molar-refractivity contribution < 1.29 is 9.13 Å². The minimum absolute atomic E-state index is 0.215. The van der Waals surface area contributed by atoms with E-state index in [0.717, 1.165) is 22.6 Å². The van der Waals surface area contributed by atoms with Crippen molar-refractivity contribution in [2.75, 3.05) is 18.2 Å². The van der Waals surface area contributed by atoms with Gasteiger partial charge in [-0.1, -0.05) is 0 Å². The van der Waals surface area contributed by atoms with Gasteiger partial charge in [-0.3, -0.25) is 0 Å². The average molecular weight is 246 g/mol. The van der Waals surface area contributed by atoms with Crippen LogP contribution in [0.25, 0.3) is 0 Å². The van der Waals surface area contributed by atoms with E-state index in [-0.39, 0.29) is 11.6 Å². The highest BCUT2D eigenvalue weighted by Crippen LogP contribution is 2.25. The molecule has 0 unspecified atom stereocenters. The zero-order chi connectivity index (χ0) is 13.1. The van der Waals surface area contributed by atoms with Crippen LogP contribution in [0.15, 0.2) is 36.4 Å². The van der Waals surface area contributed by atoms with Crippen molar-refractivity contribution in [3.63, 3.8) is 0 Å². The summed E-state index contributed by atoms with van der Waals surface area (Å²) in [7, 11) is 1.44. The molecule has 0 aromatic heterocycles. The third-order valence-electron chi connectivity index (χ3n) is 2.71. The quantitative estimate of drug-likeness (QED) is 0.815. The molecule has 0 amide bonds. The molecule has 2 aromatic rings. The van der Waals surface area contributed by atoms with Crippen molar-refractivity contribution in [3.05, 3.63) is 47.8 Å². The molecule has 0 atom stereocenters. The van der Waals surface area contributed by atoms with Crippen molar-refractivity contribution >= 4 is 17.1 Å². The van der Waals surface area contributed by atoms with E-state index in [9.17, 15) is 4.39 Å². The zero-order valence-corrected chi connectivity index (χ0v) is 10.3. The Bertz CT molecular complexity index is 570. The number of benzene rings is 2. The average Bonchev–Trinajstić information content (AvgIpc) is 2.36. The first-order valence-corrected chi connectivity index (χ1v) is 5.57. The molecule has 3 N–H and O–H groups in total. The van der Waals surface area contributed by atoms with E-state index in [2.05, 4.69) is 5.32 Å². The summed E-state index contributed by atoms with van der Waals surface area (Å²) in [5, 5.41) is 3.17. The van der Waals surface area contributed by atoms with Gasteiger partial charge in [-0.25, -0.2) is 4.39 Å². The van der Waals surface area contributed by atoms with Crippen LogP contribution in [0.2, 0.25) is 0 Å². The number of nitrogen functional groups attached to an aromatic ring is 1. The lowest BCUT2D eigenvalue weighted by Crippen LogP contribution is -1.95. The van der Waals surface area contributed by atoms with Gasteiger partial charge in [0.25, 0.3) is 0 Å². The smallest absolute Gasteiger partial charge is 0.165 e. The Labute approximate surface area is 105 Å². The van der Waals surface area contributed by atoms with E-state index in [1.165, 1.54) is 13.2 Å². The van der Waals surface area contributed by atoms with Crippen molar-refractivity contribution in [2.45, 2.75) is 6.92 Å². The molecule has 18 heavy (non-hydrogen) atoms. The molecule has 0 saturated heterocycles. The molecule has 0 aliphatic heterocycles. The highest BCUT2D eigenvalue weighted by molar-refractivity contribution is 5.65. The maximum atomic E-state index is 13.3. The van der Waals surface area contributed by atoms with Gasteiger partial charge in [0.1, 0.15) is 0 Å². The molecular weight excluding hydrogens is 231 g/mol. The fourth-order valence-corrected chi connectivity index (χ4v) is 1.66.